The fourth-order valence-corrected chi connectivity index (χ4v) is 2.46. The molecule has 0 unspecified atom stereocenters. The van der Waals surface area contributed by atoms with Gasteiger partial charge in [-0.3, -0.25) is 4.57 Å². The zero-order chi connectivity index (χ0) is 14.8. The third-order valence-electron chi connectivity index (χ3n) is 3.67. The molecular formula is C16H18N4O. The Morgan fingerprint density at radius 1 is 1.14 bits per heavy atom. The van der Waals surface area contributed by atoms with Gasteiger partial charge in [0.1, 0.15) is 5.52 Å². The van der Waals surface area contributed by atoms with E-state index in [1.165, 1.54) is 11.1 Å². The van der Waals surface area contributed by atoms with Crippen LogP contribution in [0.25, 0.3) is 11.2 Å². The molecule has 0 aliphatic heterocycles. The highest BCUT2D eigenvalue weighted by atomic mass is 16.5. The summed E-state index contributed by atoms with van der Waals surface area (Å²) in [4.78, 5) is 8.79. The number of aromatic nitrogens is 3. The maximum atomic E-state index is 6.02. The number of ether oxygens (including phenoxy) is 1. The maximum Gasteiger partial charge on any atom is 0.215 e. The van der Waals surface area contributed by atoms with Gasteiger partial charge < -0.3 is 10.5 Å². The Hall–Kier alpha value is -2.56. The van der Waals surface area contributed by atoms with Crippen molar-refractivity contribution in [3.05, 3.63) is 47.5 Å². The van der Waals surface area contributed by atoms with Crippen LogP contribution in [0, 0.1) is 6.92 Å². The van der Waals surface area contributed by atoms with Gasteiger partial charge in [-0.05, 0) is 30.5 Å². The van der Waals surface area contributed by atoms with Crippen LogP contribution >= 0.6 is 0 Å². The van der Waals surface area contributed by atoms with Gasteiger partial charge in [0.15, 0.2) is 5.65 Å². The highest BCUT2D eigenvalue weighted by Gasteiger charge is 2.11. The fraction of sp³-hybridized carbons (Fsp3) is 0.250. The van der Waals surface area contributed by atoms with Crippen molar-refractivity contribution in [3.63, 3.8) is 0 Å². The second kappa shape index (κ2) is 5.44. The van der Waals surface area contributed by atoms with Crippen LogP contribution in [-0.4, -0.2) is 21.6 Å². The number of imidazole rings is 1. The average molecular weight is 282 g/mol. The Bertz CT molecular complexity index is 779. The highest BCUT2D eigenvalue weighted by molar-refractivity contribution is 5.74. The number of aryl methyl sites for hydroxylation is 3. The summed E-state index contributed by atoms with van der Waals surface area (Å²) in [5.41, 5.74) is 10.2. The first-order valence-electron chi connectivity index (χ1n) is 6.90. The zero-order valence-corrected chi connectivity index (χ0v) is 12.2. The summed E-state index contributed by atoms with van der Waals surface area (Å²) in [6.45, 7) is 2.86. The molecule has 0 saturated heterocycles. The van der Waals surface area contributed by atoms with Crippen LogP contribution in [0.2, 0.25) is 0 Å². The van der Waals surface area contributed by atoms with E-state index in [1.807, 2.05) is 16.7 Å². The van der Waals surface area contributed by atoms with Crippen LogP contribution < -0.4 is 10.5 Å². The van der Waals surface area contributed by atoms with Crippen molar-refractivity contribution < 1.29 is 4.74 Å². The summed E-state index contributed by atoms with van der Waals surface area (Å²) in [6.07, 6.45) is 0.890. The van der Waals surface area contributed by atoms with Crippen molar-refractivity contribution in [2.45, 2.75) is 19.9 Å². The molecule has 0 bridgehead atoms. The Labute approximate surface area is 123 Å². The third-order valence-corrected chi connectivity index (χ3v) is 3.67. The Balaban J connectivity index is 1.93. The number of hydrogen-bond donors (Lipinski definition) is 1. The normalized spacial score (nSPS) is 11.0. The van der Waals surface area contributed by atoms with Gasteiger partial charge in [-0.25, -0.2) is 4.98 Å². The van der Waals surface area contributed by atoms with Gasteiger partial charge in [-0.15, -0.1) is 0 Å². The van der Waals surface area contributed by atoms with Gasteiger partial charge in [-0.1, -0.05) is 24.3 Å². The molecule has 0 aliphatic carbocycles. The summed E-state index contributed by atoms with van der Waals surface area (Å²) in [5, 5.41) is 0. The monoisotopic (exact) mass is 282 g/mol. The van der Waals surface area contributed by atoms with Crippen molar-refractivity contribution >= 4 is 17.1 Å². The largest absolute Gasteiger partial charge is 0.481 e. The average Bonchev–Trinajstić information content (AvgIpc) is 2.81. The lowest BCUT2D eigenvalue weighted by Crippen LogP contribution is -2.07. The van der Waals surface area contributed by atoms with Crippen molar-refractivity contribution in [2.24, 2.45) is 0 Å². The van der Waals surface area contributed by atoms with Gasteiger partial charge in [0.05, 0.1) is 7.11 Å². The minimum atomic E-state index is 0.485. The van der Waals surface area contributed by atoms with Crippen molar-refractivity contribution in [1.29, 1.82) is 0 Å². The number of anilines is 1. The predicted octanol–water partition coefficient (Wildman–Crippen LogP) is 2.57. The van der Waals surface area contributed by atoms with E-state index in [9.17, 15) is 0 Å². The minimum Gasteiger partial charge on any atom is -0.481 e. The first-order chi connectivity index (χ1) is 10.2. The molecule has 0 radical (unpaired) electrons. The molecule has 5 nitrogen and oxygen atoms in total. The van der Waals surface area contributed by atoms with Gasteiger partial charge in [-0.2, -0.15) is 4.98 Å². The molecular weight excluding hydrogens is 264 g/mol. The molecule has 21 heavy (non-hydrogen) atoms. The maximum absolute atomic E-state index is 6.02. The molecule has 5 heteroatoms. The molecule has 1 aromatic carbocycles. The number of nitrogen functional groups attached to an aromatic ring is 1. The summed E-state index contributed by atoms with van der Waals surface area (Å²) >= 11 is 0. The minimum absolute atomic E-state index is 0.485. The number of nitrogens with two attached hydrogens (primary N) is 1. The zero-order valence-electron chi connectivity index (χ0n) is 12.2. The molecule has 3 rings (SSSR count). The SMILES string of the molecule is COc1ccc2nc(N)n(CCc3ccccc3C)c2n1. The van der Waals surface area contributed by atoms with Crippen molar-refractivity contribution in [3.8, 4) is 5.88 Å². The predicted molar refractivity (Wildman–Crippen MR) is 83.4 cm³/mol. The summed E-state index contributed by atoms with van der Waals surface area (Å²) in [7, 11) is 1.60. The van der Waals surface area contributed by atoms with Crippen LogP contribution in [0.1, 0.15) is 11.1 Å². The molecule has 3 aromatic rings. The van der Waals surface area contributed by atoms with Crippen molar-refractivity contribution in [2.75, 3.05) is 12.8 Å². The van der Waals surface area contributed by atoms with Gasteiger partial charge in [0.25, 0.3) is 0 Å². The second-order valence-corrected chi connectivity index (χ2v) is 4.99. The number of fused-ring (bicyclic) bond motifs is 1. The van der Waals surface area contributed by atoms with Crippen LogP contribution in [-0.2, 0) is 13.0 Å². The van der Waals surface area contributed by atoms with Gasteiger partial charge >= 0.3 is 0 Å². The lowest BCUT2D eigenvalue weighted by molar-refractivity contribution is 0.399. The van der Waals surface area contributed by atoms with E-state index in [0.717, 1.165) is 24.1 Å². The van der Waals surface area contributed by atoms with E-state index >= 15 is 0 Å². The number of hydrogen-bond acceptors (Lipinski definition) is 4. The number of benzene rings is 1. The molecule has 0 saturated carbocycles. The summed E-state index contributed by atoms with van der Waals surface area (Å²) < 4.78 is 7.11. The summed E-state index contributed by atoms with van der Waals surface area (Å²) in [6, 6.07) is 12.0. The second-order valence-electron chi connectivity index (χ2n) is 4.99. The Morgan fingerprint density at radius 2 is 1.95 bits per heavy atom. The van der Waals surface area contributed by atoms with Gasteiger partial charge in [0, 0.05) is 12.6 Å². The Kier molecular flexibility index (Phi) is 3.48. The van der Waals surface area contributed by atoms with Crippen LogP contribution in [0.15, 0.2) is 36.4 Å². The van der Waals surface area contributed by atoms with E-state index < -0.39 is 0 Å². The lowest BCUT2D eigenvalue weighted by Gasteiger charge is -2.08. The first-order valence-corrected chi connectivity index (χ1v) is 6.90. The fourth-order valence-electron chi connectivity index (χ4n) is 2.46. The molecule has 0 atom stereocenters. The van der Waals surface area contributed by atoms with Crippen LogP contribution in [0.4, 0.5) is 5.95 Å². The molecule has 2 heterocycles. The number of nitrogens with zero attached hydrogens (tertiary/aromatic N) is 3. The van der Waals surface area contributed by atoms with E-state index in [0.29, 0.717) is 11.8 Å². The first kappa shape index (κ1) is 13.4. The van der Waals surface area contributed by atoms with E-state index in [4.69, 9.17) is 10.5 Å². The lowest BCUT2D eigenvalue weighted by atomic mass is 10.1. The van der Waals surface area contributed by atoms with Crippen LogP contribution in [0.5, 0.6) is 5.88 Å². The molecule has 2 aromatic heterocycles. The molecule has 108 valence electrons. The molecule has 0 aliphatic rings. The van der Waals surface area contributed by atoms with Gasteiger partial charge in [0.2, 0.25) is 11.8 Å². The van der Waals surface area contributed by atoms with E-state index in [1.54, 1.807) is 13.2 Å². The standard InChI is InChI=1S/C16H18N4O/c1-11-5-3-4-6-12(11)9-10-20-15-13(18-16(20)17)7-8-14(19-15)21-2/h3-8H,9-10H2,1-2H3,(H2,17,18). The number of methoxy groups -OCH3 is 1. The highest BCUT2D eigenvalue weighted by Crippen LogP contribution is 2.20. The summed E-state index contributed by atoms with van der Waals surface area (Å²) in [5.74, 6) is 1.05. The third kappa shape index (κ3) is 2.54. The smallest absolute Gasteiger partial charge is 0.215 e. The topological polar surface area (TPSA) is 66.0 Å². The molecule has 2 N–H and O–H groups in total. The van der Waals surface area contributed by atoms with Crippen LogP contribution in [0.3, 0.4) is 0 Å². The van der Waals surface area contributed by atoms with E-state index in [-0.39, 0.29) is 0 Å². The number of rotatable bonds is 4. The molecule has 0 fully saturated rings. The molecule has 0 spiro atoms. The number of pyridine rings is 1. The Morgan fingerprint density at radius 3 is 2.71 bits per heavy atom. The van der Waals surface area contributed by atoms with Crippen molar-refractivity contribution in [1.82, 2.24) is 14.5 Å². The van der Waals surface area contributed by atoms with E-state index in [2.05, 4.69) is 35.1 Å². The quantitative estimate of drug-likeness (QED) is 0.798. The molecule has 0 amide bonds.